The number of nitrogens with zero attached hydrogens (tertiary/aromatic N) is 3. The molecule has 0 saturated carbocycles. The highest BCUT2D eigenvalue weighted by atomic mass is 79.9. The Labute approximate surface area is 172 Å². The summed E-state index contributed by atoms with van der Waals surface area (Å²) in [5, 5.41) is 10.5. The molecule has 28 heavy (non-hydrogen) atoms. The van der Waals surface area contributed by atoms with Crippen LogP contribution < -0.4 is 10.6 Å². The first-order chi connectivity index (χ1) is 13.4. The number of halogens is 1. The molecule has 2 aromatic carbocycles. The smallest absolute Gasteiger partial charge is 0.257 e. The van der Waals surface area contributed by atoms with Crippen molar-refractivity contribution in [1.82, 2.24) is 15.1 Å². The van der Waals surface area contributed by atoms with Crippen LogP contribution >= 0.6 is 15.9 Å². The Morgan fingerprint density at radius 2 is 1.89 bits per heavy atom. The Hall–Kier alpha value is -2.93. The van der Waals surface area contributed by atoms with Crippen LogP contribution in [0.5, 0.6) is 0 Å². The molecular formula is C21H22BrN5O. The van der Waals surface area contributed by atoms with E-state index in [0.29, 0.717) is 18.1 Å². The maximum absolute atomic E-state index is 12.6. The molecule has 0 aliphatic carbocycles. The van der Waals surface area contributed by atoms with Gasteiger partial charge in [-0.3, -0.25) is 14.8 Å². The molecule has 3 rings (SSSR count). The highest BCUT2D eigenvalue weighted by Gasteiger charge is 2.12. The van der Waals surface area contributed by atoms with Crippen molar-refractivity contribution in [2.75, 3.05) is 5.32 Å². The van der Waals surface area contributed by atoms with E-state index in [1.165, 1.54) is 0 Å². The number of aliphatic imine (C=N–C) groups is 1. The number of benzene rings is 2. The van der Waals surface area contributed by atoms with E-state index in [1.807, 2.05) is 68.0 Å². The SMILES string of the molecule is Cc1nn(C)c(C)c1CN=C(NC(=O)c1ccccc1)Nc1cccc(Br)c1. The summed E-state index contributed by atoms with van der Waals surface area (Å²) < 4.78 is 2.77. The zero-order chi connectivity index (χ0) is 20.1. The van der Waals surface area contributed by atoms with Gasteiger partial charge in [-0.15, -0.1) is 0 Å². The molecule has 6 nitrogen and oxygen atoms in total. The molecule has 0 unspecified atom stereocenters. The van der Waals surface area contributed by atoms with E-state index in [9.17, 15) is 4.79 Å². The van der Waals surface area contributed by atoms with E-state index in [4.69, 9.17) is 0 Å². The average molecular weight is 440 g/mol. The number of carbonyl (C=O) groups is 1. The first-order valence-electron chi connectivity index (χ1n) is 8.86. The second-order valence-electron chi connectivity index (χ2n) is 6.39. The summed E-state index contributed by atoms with van der Waals surface area (Å²) in [5.41, 5.74) is 4.42. The molecule has 0 radical (unpaired) electrons. The summed E-state index contributed by atoms with van der Waals surface area (Å²) in [6, 6.07) is 16.7. The van der Waals surface area contributed by atoms with Gasteiger partial charge in [-0.1, -0.05) is 40.2 Å². The molecule has 144 valence electrons. The van der Waals surface area contributed by atoms with Gasteiger partial charge in [-0.05, 0) is 44.2 Å². The number of amides is 1. The molecule has 1 amide bonds. The zero-order valence-corrected chi connectivity index (χ0v) is 17.6. The third-order valence-corrected chi connectivity index (χ3v) is 4.90. The molecule has 0 atom stereocenters. The molecule has 3 aromatic rings. The summed E-state index contributed by atoms with van der Waals surface area (Å²) in [7, 11) is 1.91. The predicted octanol–water partition coefficient (Wildman–Crippen LogP) is 4.20. The van der Waals surface area contributed by atoms with Gasteiger partial charge < -0.3 is 5.32 Å². The first-order valence-corrected chi connectivity index (χ1v) is 9.66. The molecule has 0 saturated heterocycles. The largest absolute Gasteiger partial charge is 0.326 e. The minimum absolute atomic E-state index is 0.221. The van der Waals surface area contributed by atoms with Crippen molar-refractivity contribution in [3.63, 3.8) is 0 Å². The van der Waals surface area contributed by atoms with Crippen molar-refractivity contribution >= 4 is 33.5 Å². The number of aryl methyl sites for hydroxylation is 2. The van der Waals surface area contributed by atoms with E-state index < -0.39 is 0 Å². The summed E-state index contributed by atoms with van der Waals surface area (Å²) >= 11 is 3.46. The monoisotopic (exact) mass is 439 g/mol. The normalized spacial score (nSPS) is 11.4. The molecular weight excluding hydrogens is 418 g/mol. The van der Waals surface area contributed by atoms with Crippen LogP contribution in [0.15, 0.2) is 64.1 Å². The molecule has 2 N–H and O–H groups in total. The fourth-order valence-electron chi connectivity index (χ4n) is 2.79. The summed E-state index contributed by atoms with van der Waals surface area (Å²) in [6.45, 7) is 4.38. The Bertz CT molecular complexity index is 1010. The first kappa shape index (κ1) is 19.8. The number of aromatic nitrogens is 2. The van der Waals surface area contributed by atoms with Crippen molar-refractivity contribution in [3.8, 4) is 0 Å². The van der Waals surface area contributed by atoms with Crippen molar-refractivity contribution in [2.24, 2.45) is 12.0 Å². The van der Waals surface area contributed by atoms with Gasteiger partial charge in [0.2, 0.25) is 5.96 Å². The second-order valence-corrected chi connectivity index (χ2v) is 7.31. The van der Waals surface area contributed by atoms with Crippen LogP contribution in [0.25, 0.3) is 0 Å². The predicted molar refractivity (Wildman–Crippen MR) is 115 cm³/mol. The lowest BCUT2D eigenvalue weighted by Crippen LogP contribution is -2.36. The highest BCUT2D eigenvalue weighted by Crippen LogP contribution is 2.16. The van der Waals surface area contributed by atoms with Crippen molar-refractivity contribution < 1.29 is 4.79 Å². The third-order valence-electron chi connectivity index (χ3n) is 4.41. The van der Waals surface area contributed by atoms with E-state index in [0.717, 1.165) is 27.1 Å². The minimum Gasteiger partial charge on any atom is -0.326 e. The van der Waals surface area contributed by atoms with Crippen LogP contribution in [0, 0.1) is 13.8 Å². The van der Waals surface area contributed by atoms with E-state index in [2.05, 4.69) is 36.7 Å². The molecule has 0 aliphatic rings. The van der Waals surface area contributed by atoms with Gasteiger partial charge in [0.1, 0.15) is 0 Å². The number of nitrogens with one attached hydrogen (secondary N) is 2. The van der Waals surface area contributed by atoms with Crippen LogP contribution in [0.4, 0.5) is 5.69 Å². The Morgan fingerprint density at radius 1 is 1.14 bits per heavy atom. The van der Waals surface area contributed by atoms with Crippen LogP contribution in [0.3, 0.4) is 0 Å². The van der Waals surface area contributed by atoms with Crippen LogP contribution in [0.2, 0.25) is 0 Å². The van der Waals surface area contributed by atoms with Gasteiger partial charge in [0, 0.05) is 34.0 Å². The fraction of sp³-hybridized carbons (Fsp3) is 0.190. The van der Waals surface area contributed by atoms with E-state index >= 15 is 0 Å². The number of hydrogen-bond donors (Lipinski definition) is 2. The van der Waals surface area contributed by atoms with E-state index in [1.54, 1.807) is 12.1 Å². The van der Waals surface area contributed by atoms with Gasteiger partial charge in [-0.2, -0.15) is 5.10 Å². The lowest BCUT2D eigenvalue weighted by Gasteiger charge is -2.12. The molecule has 0 aliphatic heterocycles. The molecule has 7 heteroatoms. The summed E-state index contributed by atoms with van der Waals surface area (Å²) in [6.07, 6.45) is 0. The number of hydrogen-bond acceptors (Lipinski definition) is 3. The Morgan fingerprint density at radius 3 is 2.54 bits per heavy atom. The number of carbonyl (C=O) groups excluding carboxylic acids is 1. The molecule has 1 aromatic heterocycles. The Kier molecular flexibility index (Phi) is 6.26. The molecule has 0 spiro atoms. The van der Waals surface area contributed by atoms with Gasteiger partial charge in [-0.25, -0.2) is 4.99 Å². The van der Waals surface area contributed by atoms with Crippen molar-refractivity contribution in [1.29, 1.82) is 0 Å². The maximum Gasteiger partial charge on any atom is 0.257 e. The van der Waals surface area contributed by atoms with Gasteiger partial charge >= 0.3 is 0 Å². The average Bonchev–Trinajstić information content (AvgIpc) is 2.92. The zero-order valence-electron chi connectivity index (χ0n) is 16.0. The fourth-order valence-corrected chi connectivity index (χ4v) is 3.19. The summed E-state index contributed by atoms with van der Waals surface area (Å²) in [4.78, 5) is 17.2. The van der Waals surface area contributed by atoms with E-state index in [-0.39, 0.29) is 5.91 Å². The highest BCUT2D eigenvalue weighted by molar-refractivity contribution is 9.10. The summed E-state index contributed by atoms with van der Waals surface area (Å²) in [5.74, 6) is 0.163. The molecule has 0 bridgehead atoms. The van der Waals surface area contributed by atoms with Crippen molar-refractivity contribution in [2.45, 2.75) is 20.4 Å². The van der Waals surface area contributed by atoms with Gasteiger partial charge in [0.25, 0.3) is 5.91 Å². The Balaban J connectivity index is 1.86. The third kappa shape index (κ3) is 4.86. The van der Waals surface area contributed by atoms with Crippen molar-refractivity contribution in [3.05, 3.63) is 81.6 Å². The number of guanidine groups is 1. The minimum atomic E-state index is -0.221. The van der Waals surface area contributed by atoms with Gasteiger partial charge in [0.15, 0.2) is 0 Å². The van der Waals surface area contributed by atoms with Crippen LogP contribution in [0.1, 0.15) is 27.3 Å². The second kappa shape index (κ2) is 8.84. The number of anilines is 1. The number of rotatable bonds is 4. The topological polar surface area (TPSA) is 71.3 Å². The molecule has 0 fully saturated rings. The standard InChI is InChI=1S/C21H22BrN5O/c1-14-19(15(2)27(3)26-14)13-23-21(24-18-11-7-10-17(22)12-18)25-20(28)16-8-5-4-6-9-16/h4-12H,13H2,1-3H3,(H2,23,24,25,28). The van der Waals surface area contributed by atoms with Gasteiger partial charge in [0.05, 0.1) is 12.2 Å². The van der Waals surface area contributed by atoms with Crippen LogP contribution in [-0.2, 0) is 13.6 Å². The molecule has 1 heterocycles. The van der Waals surface area contributed by atoms with Crippen LogP contribution in [-0.4, -0.2) is 21.6 Å². The quantitative estimate of drug-likeness (QED) is 0.472. The lowest BCUT2D eigenvalue weighted by molar-refractivity contribution is 0.0977. The maximum atomic E-state index is 12.6. The lowest BCUT2D eigenvalue weighted by atomic mass is 10.2.